The third-order valence-electron chi connectivity index (χ3n) is 6.36. The maximum atomic E-state index is 13.1. The van der Waals surface area contributed by atoms with E-state index in [1.807, 2.05) is 59.1 Å². The molecule has 4 heterocycles. The Balaban J connectivity index is 1.27. The van der Waals surface area contributed by atoms with Crippen molar-refractivity contribution < 1.29 is 4.79 Å². The number of benzene rings is 1. The summed E-state index contributed by atoms with van der Waals surface area (Å²) >= 11 is 0. The minimum Gasteiger partial charge on any atom is -0.351 e. The number of pyridine rings is 1. The lowest BCUT2D eigenvalue weighted by molar-refractivity contribution is 0.0941. The van der Waals surface area contributed by atoms with Crippen LogP contribution in [0.15, 0.2) is 65.7 Å². The summed E-state index contributed by atoms with van der Waals surface area (Å²) in [6.07, 6.45) is 3.57. The van der Waals surface area contributed by atoms with Gasteiger partial charge in [0.05, 0.1) is 12.1 Å². The highest BCUT2D eigenvalue weighted by atomic mass is 16.1. The molecule has 1 amide bonds. The second-order valence-electron chi connectivity index (χ2n) is 8.60. The van der Waals surface area contributed by atoms with Crippen molar-refractivity contribution in [2.75, 3.05) is 46.3 Å². The molecule has 1 N–H and O–H groups in total. The normalized spacial score (nSPS) is 15.3. The maximum Gasteiger partial charge on any atom is 0.276 e. The fraction of sp³-hybridized carbons (Fsp3) is 0.320. The van der Waals surface area contributed by atoms with Gasteiger partial charge in [-0.2, -0.15) is 0 Å². The Hall–Kier alpha value is -3.49. The van der Waals surface area contributed by atoms with Crippen LogP contribution < -0.4 is 10.9 Å². The summed E-state index contributed by atoms with van der Waals surface area (Å²) < 4.78 is 3.56. The smallest absolute Gasteiger partial charge is 0.276 e. The Morgan fingerprint density at radius 1 is 1.00 bits per heavy atom. The van der Waals surface area contributed by atoms with Crippen LogP contribution in [0.3, 0.4) is 0 Å². The quantitative estimate of drug-likeness (QED) is 0.490. The summed E-state index contributed by atoms with van der Waals surface area (Å²) in [5, 5.41) is 3.01. The first-order valence-electron chi connectivity index (χ1n) is 11.3. The van der Waals surface area contributed by atoms with Crippen LogP contribution >= 0.6 is 0 Å². The summed E-state index contributed by atoms with van der Waals surface area (Å²) in [5.74, 6) is -0.0745. The van der Waals surface area contributed by atoms with Crippen molar-refractivity contribution in [2.24, 2.45) is 0 Å². The summed E-state index contributed by atoms with van der Waals surface area (Å²) in [4.78, 5) is 34.8. The molecule has 0 saturated carbocycles. The van der Waals surface area contributed by atoms with Crippen molar-refractivity contribution in [3.63, 3.8) is 0 Å². The lowest BCUT2D eigenvalue weighted by Crippen LogP contribution is -2.46. The summed E-state index contributed by atoms with van der Waals surface area (Å²) in [5.41, 5.74) is 3.61. The van der Waals surface area contributed by atoms with E-state index in [1.165, 1.54) is 0 Å². The largest absolute Gasteiger partial charge is 0.351 e. The molecule has 8 heteroatoms. The van der Waals surface area contributed by atoms with Crippen LogP contribution in [0.2, 0.25) is 0 Å². The number of fused-ring (bicyclic) bond motifs is 3. The molecule has 0 unspecified atom stereocenters. The average Bonchev–Trinajstić information content (AvgIpc) is 3.34. The fourth-order valence-corrected chi connectivity index (χ4v) is 4.38. The number of carbonyl (C=O) groups excluding carboxylic acids is 1. The third kappa shape index (κ3) is 4.40. The zero-order chi connectivity index (χ0) is 22.8. The van der Waals surface area contributed by atoms with Crippen LogP contribution in [0.5, 0.6) is 0 Å². The number of likely N-dealkylation sites (N-methyl/N-ethyl adjacent to an activating group) is 1. The van der Waals surface area contributed by atoms with E-state index in [0.717, 1.165) is 43.8 Å². The van der Waals surface area contributed by atoms with Gasteiger partial charge in [0, 0.05) is 57.2 Å². The van der Waals surface area contributed by atoms with E-state index >= 15 is 0 Å². The number of hydrogen-bond acceptors (Lipinski definition) is 5. The van der Waals surface area contributed by atoms with Gasteiger partial charge in [0.2, 0.25) is 0 Å². The molecule has 1 fully saturated rings. The van der Waals surface area contributed by atoms with Gasteiger partial charge in [-0.05, 0) is 49.0 Å². The number of piperazine rings is 1. The molecule has 0 atom stereocenters. The Bertz CT molecular complexity index is 1330. The molecule has 1 aliphatic rings. The molecule has 0 bridgehead atoms. The molecule has 1 aliphatic heterocycles. The predicted octanol–water partition coefficient (Wildman–Crippen LogP) is 1.67. The van der Waals surface area contributed by atoms with Gasteiger partial charge in [0.1, 0.15) is 5.52 Å². The molecule has 4 aromatic rings. The van der Waals surface area contributed by atoms with Crippen LogP contribution in [0.25, 0.3) is 16.7 Å². The van der Waals surface area contributed by atoms with E-state index in [-0.39, 0.29) is 11.5 Å². The van der Waals surface area contributed by atoms with Crippen LogP contribution in [0.4, 0.5) is 0 Å². The molecule has 5 rings (SSSR count). The average molecular weight is 445 g/mol. The zero-order valence-corrected chi connectivity index (χ0v) is 18.8. The van der Waals surface area contributed by atoms with Gasteiger partial charge in [-0.1, -0.05) is 12.1 Å². The molecule has 0 spiro atoms. The first-order valence-corrected chi connectivity index (χ1v) is 11.3. The van der Waals surface area contributed by atoms with Gasteiger partial charge in [-0.15, -0.1) is 0 Å². The molecule has 1 saturated heterocycles. The molecule has 0 aliphatic carbocycles. The molecule has 33 heavy (non-hydrogen) atoms. The molecule has 170 valence electrons. The zero-order valence-electron chi connectivity index (χ0n) is 18.8. The second kappa shape index (κ2) is 9.17. The van der Waals surface area contributed by atoms with Gasteiger partial charge in [0.25, 0.3) is 11.5 Å². The van der Waals surface area contributed by atoms with Gasteiger partial charge in [0.15, 0.2) is 5.65 Å². The number of aromatic nitrogens is 3. The fourth-order valence-electron chi connectivity index (χ4n) is 4.38. The lowest BCUT2D eigenvalue weighted by atomic mass is 10.1. The van der Waals surface area contributed by atoms with Crippen molar-refractivity contribution in [1.82, 2.24) is 29.1 Å². The van der Waals surface area contributed by atoms with Crippen molar-refractivity contribution >= 4 is 22.6 Å². The van der Waals surface area contributed by atoms with Gasteiger partial charge >= 0.3 is 0 Å². The topological polar surface area (TPSA) is 74.9 Å². The second-order valence-corrected chi connectivity index (χ2v) is 8.60. The van der Waals surface area contributed by atoms with Crippen molar-refractivity contribution in [1.29, 1.82) is 0 Å². The number of nitrogens with zero attached hydrogens (tertiary/aromatic N) is 5. The Morgan fingerprint density at radius 2 is 1.76 bits per heavy atom. The number of rotatable bonds is 6. The van der Waals surface area contributed by atoms with Crippen LogP contribution in [-0.4, -0.2) is 76.0 Å². The van der Waals surface area contributed by atoms with Crippen molar-refractivity contribution in [3.8, 4) is 0 Å². The van der Waals surface area contributed by atoms with Crippen molar-refractivity contribution in [3.05, 3.63) is 82.4 Å². The van der Waals surface area contributed by atoms with Gasteiger partial charge in [-0.25, -0.2) is 4.98 Å². The maximum absolute atomic E-state index is 13.1. The third-order valence-corrected chi connectivity index (χ3v) is 6.36. The Morgan fingerprint density at radius 3 is 2.55 bits per heavy atom. The van der Waals surface area contributed by atoms with E-state index in [2.05, 4.69) is 27.1 Å². The van der Waals surface area contributed by atoms with Crippen molar-refractivity contribution in [2.45, 2.75) is 6.54 Å². The molecular weight excluding hydrogens is 416 g/mol. The molecule has 3 aromatic heterocycles. The number of carbonyl (C=O) groups is 1. The molecule has 8 nitrogen and oxygen atoms in total. The monoisotopic (exact) mass is 444 g/mol. The highest BCUT2D eigenvalue weighted by molar-refractivity contribution is 5.94. The van der Waals surface area contributed by atoms with Gasteiger partial charge < -0.3 is 14.6 Å². The lowest BCUT2D eigenvalue weighted by Gasteiger charge is -2.32. The highest BCUT2D eigenvalue weighted by Crippen LogP contribution is 2.15. The summed E-state index contributed by atoms with van der Waals surface area (Å²) in [6.45, 7) is 6.11. The van der Waals surface area contributed by atoms with E-state index in [4.69, 9.17) is 0 Å². The predicted molar refractivity (Wildman–Crippen MR) is 129 cm³/mol. The molecule has 1 aromatic carbocycles. The first-order chi connectivity index (χ1) is 16.1. The summed E-state index contributed by atoms with van der Waals surface area (Å²) in [6, 6.07) is 15.0. The molecule has 0 radical (unpaired) electrons. The van der Waals surface area contributed by atoms with Crippen LogP contribution in [-0.2, 0) is 6.54 Å². The number of hydrogen-bond donors (Lipinski definition) is 1. The van der Waals surface area contributed by atoms with E-state index in [1.54, 1.807) is 10.8 Å². The van der Waals surface area contributed by atoms with Gasteiger partial charge in [-0.3, -0.25) is 19.1 Å². The highest BCUT2D eigenvalue weighted by Gasteiger charge is 2.14. The minimum atomic E-state index is -0.0862. The summed E-state index contributed by atoms with van der Waals surface area (Å²) in [7, 11) is 2.14. The number of amides is 1. The number of nitrogens with one attached hydrogen (secondary N) is 1. The minimum absolute atomic E-state index is 0.0745. The van der Waals surface area contributed by atoms with E-state index in [9.17, 15) is 9.59 Å². The van der Waals surface area contributed by atoms with Crippen LogP contribution in [0.1, 0.15) is 15.9 Å². The standard InChI is InChI=1S/C25H28N6O2/c1-28-14-16-29(17-15-28)13-11-27-24(32)20-8-6-19(7-9-20)18-31-23-21(4-2-10-26-23)30-12-3-5-22(30)25(31)33/h2-10,12H,11,13-18H2,1H3,(H,27,32). The van der Waals surface area contributed by atoms with E-state index in [0.29, 0.717) is 29.8 Å². The first kappa shape index (κ1) is 21.4. The van der Waals surface area contributed by atoms with E-state index < -0.39 is 0 Å². The Labute approximate surface area is 192 Å². The molecular formula is C25H28N6O2. The van der Waals surface area contributed by atoms with Crippen LogP contribution in [0, 0.1) is 0 Å². The SMILES string of the molecule is CN1CCN(CCNC(=O)c2ccc(Cn3c(=O)c4cccn4c4cccnc43)cc2)CC1. The Kier molecular flexibility index (Phi) is 5.93.